The Hall–Kier alpha value is -2.15. The highest BCUT2D eigenvalue weighted by atomic mass is 16.1. The van der Waals surface area contributed by atoms with Crippen molar-refractivity contribution < 1.29 is 4.79 Å². The zero-order chi connectivity index (χ0) is 12.9. The van der Waals surface area contributed by atoms with Crippen LogP contribution in [-0.4, -0.2) is 5.78 Å². The van der Waals surface area contributed by atoms with Crippen molar-refractivity contribution in [1.82, 2.24) is 0 Å². The van der Waals surface area contributed by atoms with Crippen molar-refractivity contribution >= 4 is 11.4 Å². The van der Waals surface area contributed by atoms with Crippen LogP contribution in [0.1, 0.15) is 29.3 Å². The van der Waals surface area contributed by atoms with Crippen molar-refractivity contribution in [2.24, 2.45) is 0 Å². The van der Waals surface area contributed by atoms with Gasteiger partial charge in [0.25, 0.3) is 0 Å². The van der Waals surface area contributed by atoms with Crippen LogP contribution in [0.15, 0.2) is 65.8 Å². The number of ketones is 1. The first-order valence-electron chi connectivity index (χ1n) is 6.02. The predicted molar refractivity (Wildman–Crippen MR) is 74.3 cm³/mol. The lowest BCUT2D eigenvalue weighted by Crippen LogP contribution is -2.12. The molecule has 2 aliphatic carbocycles. The second kappa shape index (κ2) is 3.67. The molecule has 0 unspecified atom stereocenters. The summed E-state index contributed by atoms with van der Waals surface area (Å²) in [7, 11) is 0. The quantitative estimate of drug-likeness (QED) is 0.715. The van der Waals surface area contributed by atoms with E-state index in [1.165, 1.54) is 0 Å². The summed E-state index contributed by atoms with van der Waals surface area (Å²) < 4.78 is 0. The molecule has 1 nitrogen and oxygen atoms in total. The minimum atomic E-state index is 0.115. The summed E-state index contributed by atoms with van der Waals surface area (Å²) in [6.45, 7) is 10.1. The van der Waals surface area contributed by atoms with Crippen LogP contribution in [0.4, 0.5) is 0 Å². The number of rotatable bonds is 1. The summed E-state index contributed by atoms with van der Waals surface area (Å²) in [5.74, 6) is 0.115. The molecule has 0 N–H and O–H groups in total. The molecule has 0 amide bonds. The highest BCUT2D eigenvalue weighted by Crippen LogP contribution is 2.42. The standard InChI is InChI=1S/C17H14O/c1-10(2)12-8-15-11(3)13-6-4-5-7-14(13)17(18)16(15)9-12/h4-7,9H,1,3,8H2,2H3. The molecule has 0 bridgehead atoms. The van der Waals surface area contributed by atoms with Gasteiger partial charge in [-0.3, -0.25) is 4.79 Å². The average Bonchev–Trinajstić information content (AvgIpc) is 2.81. The minimum Gasteiger partial charge on any atom is -0.289 e. The molecule has 0 radical (unpaired) electrons. The van der Waals surface area contributed by atoms with Crippen molar-refractivity contribution in [3.8, 4) is 0 Å². The molecule has 0 atom stereocenters. The SMILES string of the molecule is C=C(C)C1=CC2=C(C1)C(=C)c1ccccc1C2=O. The number of carbonyl (C=O) groups excluding carboxylic acids is 1. The third kappa shape index (κ3) is 1.37. The van der Waals surface area contributed by atoms with Gasteiger partial charge in [0.05, 0.1) is 0 Å². The Bertz CT molecular complexity index is 669. The van der Waals surface area contributed by atoms with Crippen LogP contribution < -0.4 is 0 Å². The maximum Gasteiger partial charge on any atom is 0.193 e. The van der Waals surface area contributed by atoms with Crippen molar-refractivity contribution in [1.29, 1.82) is 0 Å². The Morgan fingerprint density at radius 3 is 2.56 bits per heavy atom. The fourth-order valence-corrected chi connectivity index (χ4v) is 2.60. The zero-order valence-electron chi connectivity index (χ0n) is 10.4. The maximum atomic E-state index is 12.4. The molecule has 0 spiro atoms. The molecule has 88 valence electrons. The molecule has 0 saturated heterocycles. The van der Waals surface area contributed by atoms with Gasteiger partial charge in [0.1, 0.15) is 0 Å². The number of Topliss-reactive ketones (excluding diaryl/α,β-unsaturated/α-hetero) is 1. The Kier molecular flexibility index (Phi) is 2.24. The lowest BCUT2D eigenvalue weighted by Gasteiger charge is -2.19. The van der Waals surface area contributed by atoms with Crippen molar-refractivity contribution in [3.63, 3.8) is 0 Å². The van der Waals surface area contributed by atoms with Crippen molar-refractivity contribution in [2.45, 2.75) is 13.3 Å². The second-order valence-electron chi connectivity index (χ2n) is 4.87. The van der Waals surface area contributed by atoms with E-state index in [1.54, 1.807) is 0 Å². The van der Waals surface area contributed by atoms with Gasteiger partial charge in [-0.25, -0.2) is 0 Å². The first kappa shape index (κ1) is 11.0. The van der Waals surface area contributed by atoms with E-state index in [0.29, 0.717) is 0 Å². The van der Waals surface area contributed by atoms with Gasteiger partial charge in [-0.05, 0) is 41.7 Å². The van der Waals surface area contributed by atoms with E-state index in [9.17, 15) is 4.79 Å². The number of hydrogen-bond acceptors (Lipinski definition) is 1. The number of hydrogen-bond donors (Lipinski definition) is 0. The van der Waals surface area contributed by atoms with E-state index in [4.69, 9.17) is 0 Å². The first-order valence-corrected chi connectivity index (χ1v) is 6.02. The lowest BCUT2D eigenvalue weighted by atomic mass is 9.83. The van der Waals surface area contributed by atoms with E-state index >= 15 is 0 Å². The largest absolute Gasteiger partial charge is 0.289 e. The van der Waals surface area contributed by atoms with Gasteiger partial charge in [-0.1, -0.05) is 43.0 Å². The molecule has 1 aromatic rings. The molecule has 2 aliphatic rings. The van der Waals surface area contributed by atoms with Crippen molar-refractivity contribution in [3.05, 3.63) is 76.9 Å². The first-order chi connectivity index (χ1) is 8.59. The van der Waals surface area contributed by atoms with Gasteiger partial charge in [-0.15, -0.1) is 0 Å². The van der Waals surface area contributed by atoms with E-state index in [0.717, 1.165) is 45.4 Å². The van der Waals surface area contributed by atoms with E-state index in [1.807, 2.05) is 37.3 Å². The molecule has 0 fully saturated rings. The van der Waals surface area contributed by atoms with Crippen LogP contribution in [0.25, 0.3) is 5.57 Å². The molecule has 1 aromatic carbocycles. The Balaban J connectivity index is 2.15. The zero-order valence-corrected chi connectivity index (χ0v) is 10.4. The van der Waals surface area contributed by atoms with Gasteiger partial charge >= 0.3 is 0 Å². The lowest BCUT2D eigenvalue weighted by molar-refractivity contribution is 0.103. The number of benzene rings is 1. The third-order valence-corrected chi connectivity index (χ3v) is 3.66. The van der Waals surface area contributed by atoms with Gasteiger partial charge in [0.2, 0.25) is 0 Å². The monoisotopic (exact) mass is 234 g/mol. The van der Waals surface area contributed by atoms with E-state index in [-0.39, 0.29) is 5.78 Å². The molecule has 0 aliphatic heterocycles. The highest BCUT2D eigenvalue weighted by molar-refractivity contribution is 6.19. The number of fused-ring (bicyclic) bond motifs is 1. The molecule has 0 saturated carbocycles. The summed E-state index contributed by atoms with van der Waals surface area (Å²) in [6.07, 6.45) is 2.75. The van der Waals surface area contributed by atoms with Gasteiger partial charge in [0.15, 0.2) is 5.78 Å². The molecule has 1 heteroatoms. The Labute approximate surface area is 107 Å². The Morgan fingerprint density at radius 2 is 1.89 bits per heavy atom. The normalized spacial score (nSPS) is 17.5. The summed E-state index contributed by atoms with van der Waals surface area (Å²) in [5, 5.41) is 0. The fourth-order valence-electron chi connectivity index (χ4n) is 2.60. The van der Waals surface area contributed by atoms with Gasteiger partial charge in [-0.2, -0.15) is 0 Å². The van der Waals surface area contributed by atoms with Crippen LogP contribution >= 0.6 is 0 Å². The fraction of sp³-hybridized carbons (Fsp3) is 0.118. The number of carbonyl (C=O) groups is 1. The topological polar surface area (TPSA) is 17.1 Å². The predicted octanol–water partition coefficient (Wildman–Crippen LogP) is 4.10. The molecular formula is C17H14O. The maximum absolute atomic E-state index is 12.4. The minimum absolute atomic E-state index is 0.115. The van der Waals surface area contributed by atoms with Gasteiger partial charge in [0, 0.05) is 11.1 Å². The van der Waals surface area contributed by atoms with Crippen LogP contribution in [-0.2, 0) is 0 Å². The molecule has 3 rings (SSSR count). The smallest absolute Gasteiger partial charge is 0.193 e. The summed E-state index contributed by atoms with van der Waals surface area (Å²) in [4.78, 5) is 12.4. The van der Waals surface area contributed by atoms with Crippen LogP contribution in [0.5, 0.6) is 0 Å². The highest BCUT2D eigenvalue weighted by Gasteiger charge is 2.30. The van der Waals surface area contributed by atoms with E-state index < -0.39 is 0 Å². The average molecular weight is 234 g/mol. The summed E-state index contributed by atoms with van der Waals surface area (Å²) in [5.41, 5.74) is 6.75. The Morgan fingerprint density at radius 1 is 1.22 bits per heavy atom. The van der Waals surface area contributed by atoms with Gasteiger partial charge < -0.3 is 0 Å². The number of allylic oxidation sites excluding steroid dienone is 6. The molecule has 0 heterocycles. The van der Waals surface area contributed by atoms with Crippen molar-refractivity contribution in [2.75, 3.05) is 0 Å². The second-order valence-corrected chi connectivity index (χ2v) is 4.87. The van der Waals surface area contributed by atoms with Crippen LogP contribution in [0, 0.1) is 0 Å². The summed E-state index contributed by atoms with van der Waals surface area (Å²) in [6, 6.07) is 7.69. The molecule has 0 aromatic heterocycles. The molecule has 18 heavy (non-hydrogen) atoms. The third-order valence-electron chi connectivity index (χ3n) is 3.66. The molecular weight excluding hydrogens is 220 g/mol. The summed E-state index contributed by atoms with van der Waals surface area (Å²) >= 11 is 0. The van der Waals surface area contributed by atoms with Crippen LogP contribution in [0.3, 0.4) is 0 Å². The van der Waals surface area contributed by atoms with E-state index in [2.05, 4.69) is 13.2 Å². The van der Waals surface area contributed by atoms with Crippen LogP contribution in [0.2, 0.25) is 0 Å².